The second-order valence-electron chi connectivity index (χ2n) is 5.57. The third-order valence-electron chi connectivity index (χ3n) is 3.75. The summed E-state index contributed by atoms with van der Waals surface area (Å²) in [5.74, 6) is 0.160. The van der Waals surface area contributed by atoms with Gasteiger partial charge in [-0.05, 0) is 37.0 Å². The third kappa shape index (κ3) is 4.90. The summed E-state index contributed by atoms with van der Waals surface area (Å²) in [5.41, 5.74) is 2.10. The first-order valence-electron chi connectivity index (χ1n) is 7.67. The molecule has 0 saturated heterocycles. The summed E-state index contributed by atoms with van der Waals surface area (Å²) < 4.78 is 0. The molecule has 2 atom stereocenters. The van der Waals surface area contributed by atoms with E-state index in [0.717, 1.165) is 18.5 Å². The number of anilines is 1. The molecule has 1 aliphatic carbocycles. The first kappa shape index (κ1) is 15.6. The number of nitrogens with one attached hydrogen (secondary N) is 2. The van der Waals surface area contributed by atoms with Crippen LogP contribution in [-0.4, -0.2) is 23.8 Å². The number of hydrogen-bond acceptors (Lipinski definition) is 2. The lowest BCUT2D eigenvalue weighted by Crippen LogP contribution is -2.36. The molecule has 0 saturated carbocycles. The fourth-order valence-corrected chi connectivity index (χ4v) is 2.49. The van der Waals surface area contributed by atoms with Crippen LogP contribution in [0.1, 0.15) is 31.7 Å². The SMILES string of the molecule is CCCCc1ccc(NC(=O)N[C@@H]2C=C[C@H](CO)C2)cc1. The van der Waals surface area contributed by atoms with Gasteiger partial charge in [0.25, 0.3) is 0 Å². The highest BCUT2D eigenvalue weighted by molar-refractivity contribution is 5.89. The van der Waals surface area contributed by atoms with Crippen LogP contribution >= 0.6 is 0 Å². The van der Waals surface area contributed by atoms with Gasteiger partial charge < -0.3 is 15.7 Å². The smallest absolute Gasteiger partial charge is 0.319 e. The highest BCUT2D eigenvalue weighted by atomic mass is 16.3. The summed E-state index contributed by atoms with van der Waals surface area (Å²) in [5, 5.41) is 14.8. The first-order valence-corrected chi connectivity index (χ1v) is 7.67. The number of hydrogen-bond donors (Lipinski definition) is 3. The van der Waals surface area contributed by atoms with Gasteiger partial charge in [0.2, 0.25) is 0 Å². The Morgan fingerprint density at radius 2 is 2.05 bits per heavy atom. The number of aliphatic hydroxyl groups is 1. The van der Waals surface area contributed by atoms with Gasteiger partial charge in [-0.25, -0.2) is 4.79 Å². The van der Waals surface area contributed by atoms with Crippen LogP contribution < -0.4 is 10.6 Å². The Balaban J connectivity index is 1.79. The van der Waals surface area contributed by atoms with Crippen LogP contribution in [0.4, 0.5) is 10.5 Å². The van der Waals surface area contributed by atoms with E-state index in [1.807, 2.05) is 24.3 Å². The van der Waals surface area contributed by atoms with E-state index in [9.17, 15) is 4.79 Å². The van der Waals surface area contributed by atoms with Crippen LogP contribution in [0.3, 0.4) is 0 Å². The third-order valence-corrected chi connectivity index (χ3v) is 3.75. The van der Waals surface area contributed by atoms with E-state index in [0.29, 0.717) is 0 Å². The maximum atomic E-state index is 11.9. The van der Waals surface area contributed by atoms with E-state index in [4.69, 9.17) is 5.11 Å². The van der Waals surface area contributed by atoms with Crippen molar-refractivity contribution in [1.82, 2.24) is 5.32 Å². The van der Waals surface area contributed by atoms with Gasteiger partial charge in [-0.1, -0.05) is 37.6 Å². The quantitative estimate of drug-likeness (QED) is 0.704. The lowest BCUT2D eigenvalue weighted by molar-refractivity contribution is 0.238. The molecule has 4 nitrogen and oxygen atoms in total. The fraction of sp³-hybridized carbons (Fsp3) is 0.471. The van der Waals surface area contributed by atoms with Crippen LogP contribution in [0.15, 0.2) is 36.4 Å². The lowest BCUT2D eigenvalue weighted by atomic mass is 10.1. The normalized spacial score (nSPS) is 20.5. The van der Waals surface area contributed by atoms with Crippen molar-refractivity contribution < 1.29 is 9.90 Å². The zero-order valence-electron chi connectivity index (χ0n) is 12.5. The van der Waals surface area contributed by atoms with E-state index in [2.05, 4.69) is 29.7 Å². The molecule has 0 heterocycles. The number of carbonyl (C=O) groups excluding carboxylic acids is 1. The molecule has 0 unspecified atom stereocenters. The monoisotopic (exact) mass is 288 g/mol. The van der Waals surface area contributed by atoms with Crippen molar-refractivity contribution >= 4 is 11.7 Å². The number of carbonyl (C=O) groups is 1. The minimum atomic E-state index is -0.204. The summed E-state index contributed by atoms with van der Waals surface area (Å²) in [7, 11) is 0. The molecule has 2 amide bonds. The molecule has 0 radical (unpaired) electrons. The van der Waals surface area contributed by atoms with Gasteiger partial charge in [0.15, 0.2) is 0 Å². The molecule has 1 aromatic rings. The molecular formula is C17H24N2O2. The molecule has 1 aliphatic rings. The van der Waals surface area contributed by atoms with Gasteiger partial charge in [0.1, 0.15) is 0 Å². The summed E-state index contributed by atoms with van der Waals surface area (Å²) in [6.45, 7) is 2.31. The Morgan fingerprint density at radius 1 is 1.29 bits per heavy atom. The van der Waals surface area contributed by atoms with Crippen molar-refractivity contribution in [3.63, 3.8) is 0 Å². The average molecular weight is 288 g/mol. The Morgan fingerprint density at radius 3 is 2.67 bits per heavy atom. The Hall–Kier alpha value is -1.81. The van der Waals surface area contributed by atoms with Crippen molar-refractivity contribution in [3.8, 4) is 0 Å². The summed E-state index contributed by atoms with van der Waals surface area (Å²) >= 11 is 0. The molecule has 0 bridgehead atoms. The van der Waals surface area contributed by atoms with E-state index in [1.54, 1.807) is 0 Å². The van der Waals surface area contributed by atoms with Gasteiger partial charge in [-0.3, -0.25) is 0 Å². The molecule has 0 spiro atoms. The van der Waals surface area contributed by atoms with Crippen molar-refractivity contribution in [2.75, 3.05) is 11.9 Å². The van der Waals surface area contributed by atoms with Gasteiger partial charge in [0.05, 0.1) is 0 Å². The van der Waals surface area contributed by atoms with E-state index in [-0.39, 0.29) is 24.6 Å². The van der Waals surface area contributed by atoms with Gasteiger partial charge in [-0.2, -0.15) is 0 Å². The van der Waals surface area contributed by atoms with Gasteiger partial charge >= 0.3 is 6.03 Å². The molecule has 2 rings (SSSR count). The summed E-state index contributed by atoms with van der Waals surface area (Å²) in [6.07, 6.45) is 8.11. The lowest BCUT2D eigenvalue weighted by Gasteiger charge is -2.13. The molecule has 0 aromatic heterocycles. The topological polar surface area (TPSA) is 61.4 Å². The number of unbranched alkanes of at least 4 members (excludes halogenated alkanes) is 1. The minimum Gasteiger partial charge on any atom is -0.396 e. The molecular weight excluding hydrogens is 264 g/mol. The van der Waals surface area contributed by atoms with Gasteiger partial charge in [0, 0.05) is 24.3 Å². The van der Waals surface area contributed by atoms with E-state index in [1.165, 1.54) is 18.4 Å². The molecule has 21 heavy (non-hydrogen) atoms. The second-order valence-corrected chi connectivity index (χ2v) is 5.57. The van der Waals surface area contributed by atoms with Crippen molar-refractivity contribution in [2.45, 2.75) is 38.6 Å². The number of amides is 2. The number of benzene rings is 1. The number of aryl methyl sites for hydroxylation is 1. The highest BCUT2D eigenvalue weighted by Crippen LogP contribution is 2.17. The minimum absolute atomic E-state index is 0.00553. The van der Waals surface area contributed by atoms with Crippen LogP contribution in [0.25, 0.3) is 0 Å². The fourth-order valence-electron chi connectivity index (χ4n) is 2.49. The zero-order valence-corrected chi connectivity index (χ0v) is 12.5. The van der Waals surface area contributed by atoms with E-state index >= 15 is 0 Å². The highest BCUT2D eigenvalue weighted by Gasteiger charge is 2.19. The van der Waals surface area contributed by atoms with Crippen LogP contribution in [0, 0.1) is 5.92 Å². The predicted molar refractivity (Wildman–Crippen MR) is 85.3 cm³/mol. The van der Waals surface area contributed by atoms with Crippen molar-refractivity contribution in [2.24, 2.45) is 5.92 Å². The molecule has 1 aromatic carbocycles. The molecule has 3 N–H and O–H groups in total. The van der Waals surface area contributed by atoms with Crippen molar-refractivity contribution in [3.05, 3.63) is 42.0 Å². The number of rotatable bonds is 6. The maximum Gasteiger partial charge on any atom is 0.319 e. The Labute approximate surface area is 126 Å². The van der Waals surface area contributed by atoms with Crippen LogP contribution in [0.2, 0.25) is 0 Å². The Kier molecular flexibility index (Phi) is 5.81. The molecule has 0 aliphatic heterocycles. The largest absolute Gasteiger partial charge is 0.396 e. The van der Waals surface area contributed by atoms with Crippen LogP contribution in [-0.2, 0) is 6.42 Å². The number of urea groups is 1. The summed E-state index contributed by atoms with van der Waals surface area (Å²) in [6, 6.07) is 7.79. The zero-order chi connectivity index (χ0) is 15.1. The standard InChI is InChI=1S/C17H24N2O2/c1-2-3-4-13-5-8-15(9-6-13)18-17(21)19-16-10-7-14(11-16)12-20/h5-10,14,16,20H,2-4,11-12H2,1H3,(H2,18,19,21)/t14-,16+/m0/s1. The molecule has 4 heteroatoms. The van der Waals surface area contributed by atoms with E-state index < -0.39 is 0 Å². The molecule has 0 fully saturated rings. The predicted octanol–water partition coefficient (Wildman–Crippen LogP) is 3.09. The van der Waals surface area contributed by atoms with Gasteiger partial charge in [-0.15, -0.1) is 0 Å². The average Bonchev–Trinajstić information content (AvgIpc) is 2.94. The number of aliphatic hydroxyl groups excluding tert-OH is 1. The molecule has 114 valence electrons. The first-order chi connectivity index (χ1) is 10.2. The maximum absolute atomic E-state index is 11.9. The summed E-state index contributed by atoms with van der Waals surface area (Å²) in [4.78, 5) is 11.9. The van der Waals surface area contributed by atoms with Crippen molar-refractivity contribution in [1.29, 1.82) is 0 Å². The Bertz CT molecular complexity index is 482. The van der Waals surface area contributed by atoms with Crippen LogP contribution in [0.5, 0.6) is 0 Å². The second kappa shape index (κ2) is 7.84.